The van der Waals surface area contributed by atoms with Crippen molar-refractivity contribution in [1.29, 1.82) is 0 Å². The first kappa shape index (κ1) is 17.2. The molecule has 0 radical (unpaired) electrons. The van der Waals surface area contributed by atoms with E-state index >= 15 is 0 Å². The first-order chi connectivity index (χ1) is 11.8. The van der Waals surface area contributed by atoms with Gasteiger partial charge in [0.25, 0.3) is 6.43 Å². The number of nitrogens with two attached hydrogens (primary N) is 1. The molecular weight excluding hydrogens is 342 g/mol. The van der Waals surface area contributed by atoms with Crippen LogP contribution in [0.4, 0.5) is 29.5 Å². The van der Waals surface area contributed by atoms with Crippen LogP contribution in [-0.4, -0.2) is 36.9 Å². The number of rotatable bonds is 4. The van der Waals surface area contributed by atoms with Crippen molar-refractivity contribution < 1.29 is 17.6 Å². The fraction of sp³-hybridized carbons (Fsp3) is 0.500. The Morgan fingerprint density at radius 2 is 1.80 bits per heavy atom. The van der Waals surface area contributed by atoms with Gasteiger partial charge in [0.1, 0.15) is 5.69 Å². The van der Waals surface area contributed by atoms with Gasteiger partial charge in [-0.3, -0.25) is 0 Å². The van der Waals surface area contributed by atoms with Crippen LogP contribution < -0.4 is 11.1 Å². The number of nitrogens with one attached hydrogen (secondary N) is 1. The SMILES string of the molecule is Nc1nc(NC2CCC(F)(F)CC2)nc(-c2nccc(C(F)F)n2)n1. The summed E-state index contributed by atoms with van der Waals surface area (Å²) in [7, 11) is 0. The summed E-state index contributed by atoms with van der Waals surface area (Å²) in [6.07, 6.45) is -1.53. The smallest absolute Gasteiger partial charge is 0.280 e. The van der Waals surface area contributed by atoms with Crippen molar-refractivity contribution in [2.24, 2.45) is 0 Å². The maximum absolute atomic E-state index is 13.2. The molecule has 0 aliphatic heterocycles. The Morgan fingerprint density at radius 3 is 2.48 bits per heavy atom. The number of anilines is 2. The molecule has 0 unspecified atom stereocenters. The van der Waals surface area contributed by atoms with E-state index in [1.54, 1.807) is 0 Å². The van der Waals surface area contributed by atoms with Crippen LogP contribution >= 0.6 is 0 Å². The predicted molar refractivity (Wildman–Crippen MR) is 81.0 cm³/mol. The van der Waals surface area contributed by atoms with Gasteiger partial charge in [0.05, 0.1) is 0 Å². The maximum Gasteiger partial charge on any atom is 0.280 e. The number of aromatic nitrogens is 5. The van der Waals surface area contributed by atoms with Crippen molar-refractivity contribution in [3.8, 4) is 11.6 Å². The molecule has 2 heterocycles. The van der Waals surface area contributed by atoms with Crippen LogP contribution in [0, 0.1) is 0 Å². The van der Waals surface area contributed by atoms with Gasteiger partial charge in [0.15, 0.2) is 5.82 Å². The Morgan fingerprint density at radius 1 is 1.08 bits per heavy atom. The van der Waals surface area contributed by atoms with Gasteiger partial charge in [-0.25, -0.2) is 27.5 Å². The highest BCUT2D eigenvalue weighted by Crippen LogP contribution is 2.34. The van der Waals surface area contributed by atoms with E-state index in [9.17, 15) is 17.6 Å². The molecule has 1 fully saturated rings. The molecule has 3 rings (SSSR count). The first-order valence-corrected chi connectivity index (χ1v) is 7.60. The van der Waals surface area contributed by atoms with Gasteiger partial charge in [-0.05, 0) is 18.9 Å². The molecule has 0 amide bonds. The van der Waals surface area contributed by atoms with Gasteiger partial charge in [0, 0.05) is 25.1 Å². The molecule has 0 saturated heterocycles. The summed E-state index contributed by atoms with van der Waals surface area (Å²) in [5.74, 6) is -2.92. The highest BCUT2D eigenvalue weighted by atomic mass is 19.3. The van der Waals surface area contributed by atoms with Crippen LogP contribution in [0.25, 0.3) is 11.6 Å². The van der Waals surface area contributed by atoms with Gasteiger partial charge < -0.3 is 11.1 Å². The van der Waals surface area contributed by atoms with Crippen molar-refractivity contribution in [2.45, 2.75) is 44.1 Å². The summed E-state index contributed by atoms with van der Waals surface area (Å²) in [6.45, 7) is 0. The third-order valence-electron chi connectivity index (χ3n) is 3.80. The van der Waals surface area contributed by atoms with Gasteiger partial charge in [-0.2, -0.15) is 15.0 Å². The second-order valence-electron chi connectivity index (χ2n) is 5.72. The average Bonchev–Trinajstić information content (AvgIpc) is 2.56. The molecule has 0 aromatic carbocycles. The zero-order chi connectivity index (χ0) is 18.0. The molecule has 0 bridgehead atoms. The van der Waals surface area contributed by atoms with Crippen LogP contribution in [0.5, 0.6) is 0 Å². The highest BCUT2D eigenvalue weighted by Gasteiger charge is 2.35. The number of halogens is 4. The van der Waals surface area contributed by atoms with E-state index in [4.69, 9.17) is 5.73 Å². The molecular formula is C14H15F4N7. The molecule has 1 aliphatic carbocycles. The number of hydrogen-bond acceptors (Lipinski definition) is 7. The zero-order valence-corrected chi connectivity index (χ0v) is 13.0. The fourth-order valence-corrected chi connectivity index (χ4v) is 2.53. The third kappa shape index (κ3) is 4.28. The molecule has 0 spiro atoms. The summed E-state index contributed by atoms with van der Waals surface area (Å²) < 4.78 is 51.9. The first-order valence-electron chi connectivity index (χ1n) is 7.60. The highest BCUT2D eigenvalue weighted by molar-refractivity contribution is 5.48. The maximum atomic E-state index is 13.2. The molecule has 3 N–H and O–H groups in total. The largest absolute Gasteiger partial charge is 0.368 e. The minimum atomic E-state index is -2.76. The van der Waals surface area contributed by atoms with Gasteiger partial charge in [0.2, 0.25) is 23.6 Å². The minimum absolute atomic E-state index is 0.0707. The van der Waals surface area contributed by atoms with Crippen molar-refractivity contribution >= 4 is 11.9 Å². The summed E-state index contributed by atoms with van der Waals surface area (Å²) in [5.41, 5.74) is 5.15. The topological polar surface area (TPSA) is 102 Å². The van der Waals surface area contributed by atoms with Crippen molar-refractivity contribution in [1.82, 2.24) is 24.9 Å². The zero-order valence-electron chi connectivity index (χ0n) is 13.0. The van der Waals surface area contributed by atoms with Crippen molar-refractivity contribution in [3.05, 3.63) is 18.0 Å². The quantitative estimate of drug-likeness (QED) is 0.811. The van der Waals surface area contributed by atoms with Crippen LogP contribution in [0.1, 0.15) is 37.8 Å². The lowest BCUT2D eigenvalue weighted by Gasteiger charge is -2.28. The van der Waals surface area contributed by atoms with E-state index in [2.05, 4.69) is 30.2 Å². The van der Waals surface area contributed by atoms with Gasteiger partial charge in [-0.1, -0.05) is 0 Å². The van der Waals surface area contributed by atoms with E-state index < -0.39 is 18.0 Å². The molecule has 11 heteroatoms. The lowest BCUT2D eigenvalue weighted by atomic mass is 9.92. The Balaban J connectivity index is 1.80. The predicted octanol–water partition coefficient (Wildman–Crippen LogP) is 2.84. The minimum Gasteiger partial charge on any atom is -0.368 e. The number of alkyl halides is 4. The number of nitrogens with zero attached hydrogens (tertiary/aromatic N) is 5. The average molecular weight is 357 g/mol. The molecule has 2 aromatic heterocycles. The van der Waals surface area contributed by atoms with Crippen molar-refractivity contribution in [2.75, 3.05) is 11.1 Å². The van der Waals surface area contributed by atoms with Crippen molar-refractivity contribution in [3.63, 3.8) is 0 Å². The Kier molecular flexibility index (Phi) is 4.64. The van der Waals surface area contributed by atoms with E-state index in [0.717, 1.165) is 6.07 Å². The molecule has 1 saturated carbocycles. The second-order valence-corrected chi connectivity index (χ2v) is 5.72. The van der Waals surface area contributed by atoms with E-state index in [0.29, 0.717) is 0 Å². The normalized spacial score (nSPS) is 17.6. The Hall–Kier alpha value is -2.59. The van der Waals surface area contributed by atoms with Crippen LogP contribution in [0.2, 0.25) is 0 Å². The molecule has 134 valence electrons. The summed E-state index contributed by atoms with van der Waals surface area (Å²) >= 11 is 0. The second kappa shape index (κ2) is 6.73. The monoisotopic (exact) mass is 357 g/mol. The molecule has 25 heavy (non-hydrogen) atoms. The summed E-state index contributed by atoms with van der Waals surface area (Å²) in [6, 6.07) is 0.850. The lowest BCUT2D eigenvalue weighted by molar-refractivity contribution is -0.0361. The van der Waals surface area contributed by atoms with E-state index in [1.165, 1.54) is 6.20 Å². The Bertz CT molecular complexity index is 746. The molecule has 1 aliphatic rings. The van der Waals surface area contributed by atoms with Crippen LogP contribution in [-0.2, 0) is 0 Å². The Labute approximate surface area is 140 Å². The van der Waals surface area contributed by atoms with Crippen LogP contribution in [0.3, 0.4) is 0 Å². The number of hydrogen-bond donors (Lipinski definition) is 2. The van der Waals surface area contributed by atoms with E-state index in [1.807, 2.05) is 0 Å². The summed E-state index contributed by atoms with van der Waals surface area (Å²) in [4.78, 5) is 19.4. The van der Waals surface area contributed by atoms with Crippen LogP contribution in [0.15, 0.2) is 12.3 Å². The molecule has 7 nitrogen and oxygen atoms in total. The third-order valence-corrected chi connectivity index (χ3v) is 3.80. The molecule has 0 atom stereocenters. The summed E-state index contributed by atoms with van der Waals surface area (Å²) in [5, 5.41) is 2.93. The van der Waals surface area contributed by atoms with E-state index in [-0.39, 0.29) is 55.3 Å². The fourth-order valence-electron chi connectivity index (χ4n) is 2.53. The standard InChI is InChI=1S/C14H15F4N7/c15-9(16)8-3-6-20-10(22-8)11-23-12(19)25-13(24-11)21-7-1-4-14(17,18)5-2-7/h3,6-7,9H,1-2,4-5H2,(H3,19,21,23,24,25). The molecule has 2 aromatic rings. The van der Waals surface area contributed by atoms with Gasteiger partial charge in [-0.15, -0.1) is 0 Å². The number of nitrogen functional groups attached to an aromatic ring is 1. The van der Waals surface area contributed by atoms with Gasteiger partial charge >= 0.3 is 0 Å². The lowest BCUT2D eigenvalue weighted by Crippen LogP contribution is -2.32.